The maximum Gasteiger partial charge on any atom is 0.310 e. The van der Waals surface area contributed by atoms with Crippen molar-refractivity contribution in [1.29, 1.82) is 0 Å². The zero-order valence-electron chi connectivity index (χ0n) is 8.05. The first-order valence-electron chi connectivity index (χ1n) is 4.62. The summed E-state index contributed by atoms with van der Waals surface area (Å²) in [5.41, 5.74) is 0. The molecule has 2 heterocycles. The van der Waals surface area contributed by atoms with Crippen LogP contribution in [-0.2, 0) is 16.0 Å². The second-order valence-electron chi connectivity index (χ2n) is 3.15. The molecule has 1 aliphatic rings. The van der Waals surface area contributed by atoms with Gasteiger partial charge in [0.05, 0.1) is 19.6 Å². The van der Waals surface area contributed by atoms with Crippen molar-refractivity contribution in [1.82, 2.24) is 10.2 Å². The summed E-state index contributed by atoms with van der Waals surface area (Å²) in [5, 5.41) is 17.7. The fraction of sp³-hybridized carbons (Fsp3) is 0.625. The molecular formula is C8H11N3O3S. The highest BCUT2D eigenvalue weighted by molar-refractivity contribution is 7.15. The van der Waals surface area contributed by atoms with Gasteiger partial charge in [-0.25, -0.2) is 0 Å². The predicted molar refractivity (Wildman–Crippen MR) is 54.3 cm³/mol. The fourth-order valence-corrected chi connectivity index (χ4v) is 2.21. The Morgan fingerprint density at radius 3 is 2.87 bits per heavy atom. The maximum absolute atomic E-state index is 10.5. The lowest BCUT2D eigenvalue weighted by molar-refractivity contribution is -0.136. The Morgan fingerprint density at radius 2 is 2.20 bits per heavy atom. The summed E-state index contributed by atoms with van der Waals surface area (Å²) in [6.07, 6.45) is -0.0536. The standard InChI is InChI=1S/C8H11N3O3S/c12-7(13)5-6-9-10-8(15-6)11-1-3-14-4-2-11/h1-5H2,(H,12,13). The lowest BCUT2D eigenvalue weighted by Crippen LogP contribution is -2.36. The molecule has 0 atom stereocenters. The van der Waals surface area contributed by atoms with E-state index in [9.17, 15) is 4.79 Å². The Labute approximate surface area is 90.5 Å². The molecule has 1 aromatic heterocycles. The second-order valence-corrected chi connectivity index (χ2v) is 4.19. The molecule has 1 aliphatic heterocycles. The molecule has 2 rings (SSSR count). The Balaban J connectivity index is 2.02. The van der Waals surface area contributed by atoms with Gasteiger partial charge in [0, 0.05) is 13.1 Å². The highest BCUT2D eigenvalue weighted by atomic mass is 32.1. The van der Waals surface area contributed by atoms with Crippen LogP contribution < -0.4 is 4.90 Å². The van der Waals surface area contributed by atoms with Crippen molar-refractivity contribution in [3.8, 4) is 0 Å². The number of nitrogens with zero attached hydrogens (tertiary/aromatic N) is 3. The second kappa shape index (κ2) is 4.54. The number of hydrogen-bond acceptors (Lipinski definition) is 6. The molecule has 0 spiro atoms. The number of carboxylic acids is 1. The van der Waals surface area contributed by atoms with Crippen LogP contribution in [0.3, 0.4) is 0 Å². The van der Waals surface area contributed by atoms with Gasteiger partial charge in [-0.15, -0.1) is 10.2 Å². The molecule has 0 unspecified atom stereocenters. The lowest BCUT2D eigenvalue weighted by atomic mass is 10.5. The van der Waals surface area contributed by atoms with Crippen LogP contribution >= 0.6 is 11.3 Å². The molecule has 1 fully saturated rings. The topological polar surface area (TPSA) is 75.5 Å². The Kier molecular flexibility index (Phi) is 3.12. The minimum Gasteiger partial charge on any atom is -0.481 e. The van der Waals surface area contributed by atoms with Gasteiger partial charge in [0.25, 0.3) is 0 Å². The van der Waals surface area contributed by atoms with E-state index in [1.165, 1.54) is 11.3 Å². The number of morpholine rings is 1. The molecule has 0 bridgehead atoms. The highest BCUT2D eigenvalue weighted by Crippen LogP contribution is 2.21. The summed E-state index contributed by atoms with van der Waals surface area (Å²) in [6, 6.07) is 0. The van der Waals surface area contributed by atoms with Crippen molar-refractivity contribution < 1.29 is 14.6 Å². The van der Waals surface area contributed by atoms with Gasteiger partial charge in [-0.1, -0.05) is 11.3 Å². The van der Waals surface area contributed by atoms with Crippen LogP contribution in [0.25, 0.3) is 0 Å². The van der Waals surface area contributed by atoms with Gasteiger partial charge in [-0.3, -0.25) is 4.79 Å². The van der Waals surface area contributed by atoms with Gasteiger partial charge in [-0.05, 0) is 0 Å². The van der Waals surface area contributed by atoms with Crippen molar-refractivity contribution in [3.05, 3.63) is 5.01 Å². The molecule has 0 radical (unpaired) electrons. The van der Waals surface area contributed by atoms with E-state index in [2.05, 4.69) is 15.1 Å². The zero-order chi connectivity index (χ0) is 10.7. The van der Waals surface area contributed by atoms with E-state index < -0.39 is 5.97 Å². The Bertz CT molecular complexity index is 349. The number of carbonyl (C=O) groups is 1. The summed E-state index contributed by atoms with van der Waals surface area (Å²) in [5.74, 6) is -0.875. The molecule has 6 nitrogen and oxygen atoms in total. The number of rotatable bonds is 3. The summed E-state index contributed by atoms with van der Waals surface area (Å²) >= 11 is 1.34. The average Bonchev–Trinajstić information content (AvgIpc) is 2.67. The summed E-state index contributed by atoms with van der Waals surface area (Å²) in [7, 11) is 0. The molecular weight excluding hydrogens is 218 g/mol. The number of carboxylic acid groups (broad SMARTS) is 1. The largest absolute Gasteiger partial charge is 0.481 e. The Hall–Kier alpha value is -1.21. The van der Waals surface area contributed by atoms with E-state index in [1.54, 1.807) is 0 Å². The highest BCUT2D eigenvalue weighted by Gasteiger charge is 2.16. The van der Waals surface area contributed by atoms with Crippen molar-refractivity contribution in [2.24, 2.45) is 0 Å². The summed E-state index contributed by atoms with van der Waals surface area (Å²) in [4.78, 5) is 12.5. The minimum atomic E-state index is -0.875. The predicted octanol–water partition coefficient (Wildman–Crippen LogP) is 0.00180. The molecule has 1 aromatic rings. The number of aromatic nitrogens is 2. The zero-order valence-corrected chi connectivity index (χ0v) is 8.87. The fourth-order valence-electron chi connectivity index (χ4n) is 1.33. The van der Waals surface area contributed by atoms with Crippen molar-refractivity contribution in [2.75, 3.05) is 31.2 Å². The van der Waals surface area contributed by atoms with Gasteiger partial charge in [0.2, 0.25) is 5.13 Å². The number of aliphatic carboxylic acids is 1. The first kappa shape index (κ1) is 10.3. The van der Waals surface area contributed by atoms with E-state index in [4.69, 9.17) is 9.84 Å². The van der Waals surface area contributed by atoms with E-state index in [-0.39, 0.29) is 6.42 Å². The van der Waals surface area contributed by atoms with Crippen LogP contribution in [0.4, 0.5) is 5.13 Å². The van der Waals surface area contributed by atoms with Gasteiger partial charge in [0.1, 0.15) is 5.01 Å². The molecule has 82 valence electrons. The average molecular weight is 229 g/mol. The van der Waals surface area contributed by atoms with Crippen LogP contribution in [0.15, 0.2) is 0 Å². The van der Waals surface area contributed by atoms with Gasteiger partial charge in [0.15, 0.2) is 0 Å². The van der Waals surface area contributed by atoms with E-state index in [0.717, 1.165) is 18.2 Å². The summed E-state index contributed by atoms with van der Waals surface area (Å²) < 4.78 is 5.21. The van der Waals surface area contributed by atoms with Gasteiger partial charge in [-0.2, -0.15) is 0 Å². The van der Waals surface area contributed by atoms with Crippen LogP contribution in [0, 0.1) is 0 Å². The normalized spacial score (nSPS) is 16.7. The van der Waals surface area contributed by atoms with Crippen molar-refractivity contribution in [3.63, 3.8) is 0 Å². The monoisotopic (exact) mass is 229 g/mol. The lowest BCUT2D eigenvalue weighted by Gasteiger charge is -2.25. The van der Waals surface area contributed by atoms with Gasteiger partial charge < -0.3 is 14.7 Å². The number of hydrogen-bond donors (Lipinski definition) is 1. The van der Waals surface area contributed by atoms with Crippen LogP contribution in [-0.4, -0.2) is 47.6 Å². The number of ether oxygens (including phenoxy) is 1. The van der Waals surface area contributed by atoms with Crippen LogP contribution in [0.1, 0.15) is 5.01 Å². The third-order valence-electron chi connectivity index (χ3n) is 2.04. The van der Waals surface area contributed by atoms with Crippen molar-refractivity contribution in [2.45, 2.75) is 6.42 Å². The SMILES string of the molecule is O=C(O)Cc1nnc(N2CCOCC2)s1. The summed E-state index contributed by atoms with van der Waals surface area (Å²) in [6.45, 7) is 2.96. The first-order valence-corrected chi connectivity index (χ1v) is 5.44. The molecule has 0 saturated carbocycles. The molecule has 0 aliphatic carbocycles. The van der Waals surface area contributed by atoms with E-state index in [1.807, 2.05) is 0 Å². The smallest absolute Gasteiger partial charge is 0.310 e. The third-order valence-corrected chi connectivity index (χ3v) is 3.02. The molecule has 1 saturated heterocycles. The molecule has 0 aromatic carbocycles. The van der Waals surface area contributed by atoms with Crippen LogP contribution in [0.5, 0.6) is 0 Å². The molecule has 7 heteroatoms. The first-order chi connectivity index (χ1) is 7.25. The Morgan fingerprint density at radius 1 is 1.47 bits per heavy atom. The van der Waals surface area contributed by atoms with Crippen LogP contribution in [0.2, 0.25) is 0 Å². The van der Waals surface area contributed by atoms with Gasteiger partial charge >= 0.3 is 5.97 Å². The molecule has 15 heavy (non-hydrogen) atoms. The maximum atomic E-state index is 10.5. The van der Waals surface area contributed by atoms with E-state index >= 15 is 0 Å². The van der Waals surface area contributed by atoms with Crippen molar-refractivity contribution >= 4 is 22.4 Å². The number of anilines is 1. The molecule has 0 amide bonds. The minimum absolute atomic E-state index is 0.0536. The molecule has 1 N–H and O–H groups in total. The quantitative estimate of drug-likeness (QED) is 0.786. The van der Waals surface area contributed by atoms with E-state index in [0.29, 0.717) is 18.2 Å². The third kappa shape index (κ3) is 2.63.